The highest BCUT2D eigenvalue weighted by Crippen LogP contribution is 2.27. The summed E-state index contributed by atoms with van der Waals surface area (Å²) in [6.07, 6.45) is 4.40. The van der Waals surface area contributed by atoms with Crippen LogP contribution in [0.15, 0.2) is 0 Å². The molecule has 6 nitrogen and oxygen atoms in total. The van der Waals surface area contributed by atoms with Gasteiger partial charge in [0.1, 0.15) is 12.1 Å². The fourth-order valence-corrected chi connectivity index (χ4v) is 2.87. The van der Waals surface area contributed by atoms with E-state index in [1.54, 1.807) is 0 Å². The molecule has 0 N–H and O–H groups in total. The average Bonchev–Trinajstić information content (AvgIpc) is 3.18. The van der Waals surface area contributed by atoms with Gasteiger partial charge in [-0.2, -0.15) is 10.5 Å². The largest absolute Gasteiger partial charge is 0.354 e. The Balaban J connectivity index is 2.04. The molecule has 0 amide bonds. The summed E-state index contributed by atoms with van der Waals surface area (Å²) in [5.74, 6) is 1.15. The summed E-state index contributed by atoms with van der Waals surface area (Å²) in [5, 5.41) is 18.7. The molecule has 0 atom stereocenters. The molecule has 0 spiro atoms. The summed E-state index contributed by atoms with van der Waals surface area (Å²) in [6.45, 7) is 3.54. The van der Waals surface area contributed by atoms with E-state index in [-0.39, 0.29) is 0 Å². The summed E-state index contributed by atoms with van der Waals surface area (Å²) >= 11 is 0. The second-order valence-corrected chi connectivity index (χ2v) is 5.18. The van der Waals surface area contributed by atoms with Crippen molar-refractivity contribution in [2.45, 2.75) is 25.7 Å². The van der Waals surface area contributed by atoms with Gasteiger partial charge in [-0.1, -0.05) is 0 Å². The number of anilines is 2. The molecule has 0 bridgehead atoms. The molecule has 0 unspecified atom stereocenters. The maximum absolute atomic E-state index is 9.33. The number of aromatic nitrogens is 2. The maximum atomic E-state index is 9.33. The van der Waals surface area contributed by atoms with Crippen molar-refractivity contribution < 1.29 is 0 Å². The second-order valence-electron chi connectivity index (χ2n) is 5.18. The molecular weight excluding hydrogens is 252 g/mol. The van der Waals surface area contributed by atoms with Gasteiger partial charge in [0.2, 0.25) is 0 Å². The van der Waals surface area contributed by atoms with Gasteiger partial charge in [0.05, 0.1) is 0 Å². The molecule has 0 aromatic carbocycles. The topological polar surface area (TPSA) is 79.8 Å². The lowest BCUT2D eigenvalue weighted by atomic mass is 10.3. The molecule has 2 aliphatic rings. The first-order valence-electron chi connectivity index (χ1n) is 7.05. The molecule has 20 heavy (non-hydrogen) atoms. The Morgan fingerprint density at radius 2 is 1.05 bits per heavy atom. The maximum Gasteiger partial charge on any atom is 0.185 e. The van der Waals surface area contributed by atoms with Crippen molar-refractivity contribution in [1.29, 1.82) is 10.5 Å². The van der Waals surface area contributed by atoms with Crippen molar-refractivity contribution in [3.05, 3.63) is 11.4 Å². The Kier molecular flexibility index (Phi) is 3.39. The monoisotopic (exact) mass is 268 g/mol. The van der Waals surface area contributed by atoms with E-state index in [4.69, 9.17) is 0 Å². The van der Waals surface area contributed by atoms with Crippen LogP contribution in [0.1, 0.15) is 37.1 Å². The Morgan fingerprint density at radius 3 is 1.35 bits per heavy atom. The van der Waals surface area contributed by atoms with Gasteiger partial charge in [-0.05, 0) is 25.7 Å². The van der Waals surface area contributed by atoms with Gasteiger partial charge in [0.25, 0.3) is 0 Å². The van der Waals surface area contributed by atoms with Crippen LogP contribution in [0.2, 0.25) is 0 Å². The average molecular weight is 268 g/mol. The van der Waals surface area contributed by atoms with Crippen molar-refractivity contribution in [2.24, 2.45) is 0 Å². The van der Waals surface area contributed by atoms with E-state index in [9.17, 15) is 10.5 Å². The highest BCUT2D eigenvalue weighted by Gasteiger charge is 2.24. The summed E-state index contributed by atoms with van der Waals surface area (Å²) in [6, 6.07) is 4.27. The van der Waals surface area contributed by atoms with Gasteiger partial charge in [0.15, 0.2) is 23.0 Å². The zero-order chi connectivity index (χ0) is 13.9. The highest BCUT2D eigenvalue weighted by molar-refractivity contribution is 5.60. The van der Waals surface area contributed by atoms with Crippen molar-refractivity contribution in [3.63, 3.8) is 0 Å². The summed E-state index contributed by atoms with van der Waals surface area (Å²) < 4.78 is 0. The molecule has 2 fully saturated rings. The fraction of sp³-hybridized carbons (Fsp3) is 0.571. The number of nitriles is 2. The third kappa shape index (κ3) is 2.14. The van der Waals surface area contributed by atoms with Gasteiger partial charge < -0.3 is 9.80 Å². The number of nitrogens with zero attached hydrogens (tertiary/aromatic N) is 6. The van der Waals surface area contributed by atoms with E-state index in [0.29, 0.717) is 23.0 Å². The van der Waals surface area contributed by atoms with Crippen molar-refractivity contribution in [2.75, 3.05) is 36.0 Å². The third-order valence-electron chi connectivity index (χ3n) is 3.88. The first-order valence-corrected chi connectivity index (χ1v) is 7.05. The third-order valence-corrected chi connectivity index (χ3v) is 3.88. The SMILES string of the molecule is N#Cc1nc(N2CCCC2)c(C#N)nc1N1CCCC1. The summed E-state index contributed by atoms with van der Waals surface area (Å²) in [5.41, 5.74) is 0.681. The lowest BCUT2D eigenvalue weighted by Gasteiger charge is -2.21. The molecule has 3 rings (SSSR count). The fourth-order valence-electron chi connectivity index (χ4n) is 2.87. The second kappa shape index (κ2) is 5.34. The molecule has 2 aliphatic heterocycles. The van der Waals surface area contributed by atoms with Crippen LogP contribution in [0, 0.1) is 22.7 Å². The van der Waals surface area contributed by atoms with Crippen LogP contribution >= 0.6 is 0 Å². The van der Waals surface area contributed by atoms with E-state index >= 15 is 0 Å². The van der Waals surface area contributed by atoms with Crippen LogP contribution in [0.25, 0.3) is 0 Å². The number of hydrogen-bond donors (Lipinski definition) is 0. The van der Waals surface area contributed by atoms with Crippen molar-refractivity contribution >= 4 is 11.6 Å². The molecule has 0 aliphatic carbocycles. The van der Waals surface area contributed by atoms with Crippen LogP contribution in [0.5, 0.6) is 0 Å². The molecule has 3 heterocycles. The quantitative estimate of drug-likeness (QED) is 0.807. The van der Waals surface area contributed by atoms with Gasteiger partial charge in [-0.3, -0.25) is 0 Å². The van der Waals surface area contributed by atoms with Crippen LogP contribution in [-0.4, -0.2) is 36.1 Å². The minimum Gasteiger partial charge on any atom is -0.354 e. The Bertz CT molecular complexity index is 531. The molecule has 0 saturated carbocycles. The molecule has 1 aromatic heterocycles. The first-order chi connectivity index (χ1) is 9.83. The van der Waals surface area contributed by atoms with Gasteiger partial charge in [-0.15, -0.1) is 0 Å². The molecular formula is C14H16N6. The zero-order valence-corrected chi connectivity index (χ0v) is 11.3. The normalized spacial score (nSPS) is 18.1. The van der Waals surface area contributed by atoms with Crippen LogP contribution < -0.4 is 9.80 Å². The smallest absolute Gasteiger partial charge is 0.185 e. The number of rotatable bonds is 2. The van der Waals surface area contributed by atoms with Crippen molar-refractivity contribution in [1.82, 2.24) is 9.97 Å². The highest BCUT2D eigenvalue weighted by atomic mass is 15.3. The standard InChI is InChI=1S/C14H16N6/c15-9-11-13(19-5-1-2-6-19)17-12(10-16)14(18-11)20-7-3-4-8-20/h1-8H2. The van der Waals surface area contributed by atoms with E-state index in [2.05, 4.69) is 31.9 Å². The van der Waals surface area contributed by atoms with Gasteiger partial charge in [0, 0.05) is 26.2 Å². The molecule has 1 aromatic rings. The number of hydrogen-bond acceptors (Lipinski definition) is 6. The van der Waals surface area contributed by atoms with Gasteiger partial charge >= 0.3 is 0 Å². The Labute approximate surface area is 118 Å². The molecule has 102 valence electrons. The minimum atomic E-state index is 0.341. The van der Waals surface area contributed by atoms with E-state index in [1.807, 2.05) is 0 Å². The van der Waals surface area contributed by atoms with E-state index in [0.717, 1.165) is 51.9 Å². The van der Waals surface area contributed by atoms with E-state index < -0.39 is 0 Å². The zero-order valence-electron chi connectivity index (χ0n) is 11.3. The Hall–Kier alpha value is -2.34. The predicted molar refractivity (Wildman–Crippen MR) is 74.4 cm³/mol. The lowest BCUT2D eigenvalue weighted by molar-refractivity contribution is 0.882. The van der Waals surface area contributed by atoms with E-state index in [1.165, 1.54) is 0 Å². The molecule has 0 radical (unpaired) electrons. The molecule has 6 heteroatoms. The minimum absolute atomic E-state index is 0.341. The van der Waals surface area contributed by atoms with Crippen molar-refractivity contribution in [3.8, 4) is 12.1 Å². The van der Waals surface area contributed by atoms with Crippen LogP contribution in [0.4, 0.5) is 11.6 Å². The Morgan fingerprint density at radius 1 is 0.700 bits per heavy atom. The van der Waals surface area contributed by atoms with Gasteiger partial charge in [-0.25, -0.2) is 9.97 Å². The molecule has 2 saturated heterocycles. The van der Waals surface area contributed by atoms with Crippen LogP contribution in [-0.2, 0) is 0 Å². The first kappa shape index (κ1) is 12.7. The summed E-state index contributed by atoms with van der Waals surface area (Å²) in [4.78, 5) is 13.0. The predicted octanol–water partition coefficient (Wildman–Crippen LogP) is 1.42. The van der Waals surface area contributed by atoms with Crippen LogP contribution in [0.3, 0.4) is 0 Å². The lowest BCUT2D eigenvalue weighted by Crippen LogP contribution is -2.25. The summed E-state index contributed by atoms with van der Waals surface area (Å²) in [7, 11) is 0.